The van der Waals surface area contributed by atoms with Crippen molar-refractivity contribution in [3.05, 3.63) is 29.3 Å². The van der Waals surface area contributed by atoms with Gasteiger partial charge >= 0.3 is 0 Å². The Hall–Kier alpha value is -1.55. The third kappa shape index (κ3) is 3.12. The number of benzene rings is 1. The summed E-state index contributed by atoms with van der Waals surface area (Å²) in [6.07, 6.45) is 1.04. The number of hydrogen-bond donors (Lipinski definition) is 2. The number of amides is 1. The van der Waals surface area contributed by atoms with Gasteiger partial charge in [0, 0.05) is 44.8 Å². The minimum atomic E-state index is 0.180. The molecule has 3 rings (SSSR count). The lowest BCUT2D eigenvalue weighted by molar-refractivity contribution is -0.127. The monoisotopic (exact) mass is 275 g/mol. The van der Waals surface area contributed by atoms with Crippen LogP contribution in [0.3, 0.4) is 0 Å². The molecule has 1 saturated heterocycles. The number of rotatable bonds is 2. The van der Waals surface area contributed by atoms with E-state index < -0.39 is 0 Å². The quantitative estimate of drug-likeness (QED) is 0.871. The van der Waals surface area contributed by atoms with Crippen molar-refractivity contribution in [3.8, 4) is 0 Å². The van der Waals surface area contributed by atoms with E-state index in [4.69, 9.17) is 0 Å². The second-order valence-corrected chi connectivity index (χ2v) is 5.14. The minimum Gasteiger partial charge on any atom is -0.380 e. The number of fused-ring (bicyclic) bond motifs is 1. The molecule has 1 aromatic rings. The van der Waals surface area contributed by atoms with Crippen molar-refractivity contribution >= 4 is 11.6 Å². The van der Waals surface area contributed by atoms with E-state index in [1.165, 1.54) is 16.8 Å². The molecule has 110 valence electrons. The lowest BCUT2D eigenvalue weighted by atomic mass is 10.1. The Labute approximate surface area is 121 Å². The Kier molecular flexibility index (Phi) is 5.01. The fraction of sp³-hybridized carbons (Fsp3) is 0.562. The molecule has 0 aliphatic carbocycles. The first kappa shape index (κ1) is 14.9. The zero-order valence-electron chi connectivity index (χ0n) is 12.7. The zero-order valence-corrected chi connectivity index (χ0v) is 12.7. The van der Waals surface area contributed by atoms with E-state index in [0.29, 0.717) is 6.04 Å². The predicted molar refractivity (Wildman–Crippen MR) is 82.6 cm³/mol. The molecule has 0 spiro atoms. The second-order valence-electron chi connectivity index (χ2n) is 5.14. The van der Waals surface area contributed by atoms with Crippen molar-refractivity contribution in [1.29, 1.82) is 0 Å². The number of anilines is 1. The smallest absolute Gasteiger partial charge is 0.219 e. The first-order chi connectivity index (χ1) is 9.74. The van der Waals surface area contributed by atoms with Gasteiger partial charge in [0.05, 0.1) is 0 Å². The van der Waals surface area contributed by atoms with Gasteiger partial charge in [0.2, 0.25) is 5.91 Å². The van der Waals surface area contributed by atoms with Crippen LogP contribution in [0.1, 0.15) is 38.3 Å². The molecule has 0 aromatic heterocycles. The average molecular weight is 275 g/mol. The number of nitrogens with one attached hydrogen (secondary N) is 2. The largest absolute Gasteiger partial charge is 0.380 e. The van der Waals surface area contributed by atoms with Gasteiger partial charge in [-0.25, -0.2) is 0 Å². The van der Waals surface area contributed by atoms with E-state index >= 15 is 0 Å². The highest BCUT2D eigenvalue weighted by Gasteiger charge is 2.25. The van der Waals surface area contributed by atoms with Gasteiger partial charge in [-0.15, -0.1) is 0 Å². The number of likely N-dealkylation sites (tertiary alicyclic amines) is 1. The van der Waals surface area contributed by atoms with Crippen LogP contribution in [0.5, 0.6) is 0 Å². The maximum absolute atomic E-state index is 11.3. The van der Waals surface area contributed by atoms with Crippen LogP contribution in [-0.4, -0.2) is 29.9 Å². The Morgan fingerprint density at radius 3 is 2.85 bits per heavy atom. The number of carbonyl (C=O) groups is 1. The van der Waals surface area contributed by atoms with Crippen LogP contribution < -0.4 is 10.6 Å². The number of hydrogen-bond acceptors (Lipinski definition) is 3. The van der Waals surface area contributed by atoms with Gasteiger partial charge < -0.3 is 15.5 Å². The molecule has 2 heterocycles. The normalized spacial score (nSPS) is 20.1. The van der Waals surface area contributed by atoms with E-state index in [1.807, 2.05) is 18.7 Å². The van der Waals surface area contributed by atoms with Gasteiger partial charge in [0.15, 0.2) is 0 Å². The molecule has 0 radical (unpaired) electrons. The zero-order chi connectivity index (χ0) is 14.5. The second kappa shape index (κ2) is 6.75. The van der Waals surface area contributed by atoms with Crippen LogP contribution in [0.15, 0.2) is 18.2 Å². The summed E-state index contributed by atoms with van der Waals surface area (Å²) < 4.78 is 0. The molecule has 4 nitrogen and oxygen atoms in total. The Bertz CT molecular complexity index is 473. The van der Waals surface area contributed by atoms with Crippen molar-refractivity contribution in [2.75, 3.05) is 18.4 Å². The Morgan fingerprint density at radius 1 is 1.35 bits per heavy atom. The highest BCUT2D eigenvalue weighted by Crippen LogP contribution is 2.26. The van der Waals surface area contributed by atoms with Crippen molar-refractivity contribution in [1.82, 2.24) is 10.2 Å². The van der Waals surface area contributed by atoms with Crippen molar-refractivity contribution in [3.63, 3.8) is 0 Å². The average Bonchev–Trinajstić information content (AvgIpc) is 3.10. The van der Waals surface area contributed by atoms with Crippen molar-refractivity contribution < 1.29 is 4.79 Å². The molecule has 1 fully saturated rings. The topological polar surface area (TPSA) is 44.4 Å². The van der Waals surface area contributed by atoms with Crippen LogP contribution in [0.25, 0.3) is 0 Å². The van der Waals surface area contributed by atoms with E-state index in [1.54, 1.807) is 6.92 Å². The van der Waals surface area contributed by atoms with Crippen molar-refractivity contribution in [2.45, 2.75) is 46.3 Å². The van der Waals surface area contributed by atoms with Crippen LogP contribution in [0, 0.1) is 0 Å². The summed E-state index contributed by atoms with van der Waals surface area (Å²) in [7, 11) is 0. The summed E-state index contributed by atoms with van der Waals surface area (Å²) in [5.74, 6) is 0.180. The molecule has 2 N–H and O–H groups in total. The first-order valence-corrected chi connectivity index (χ1v) is 7.57. The molecule has 1 unspecified atom stereocenters. The van der Waals surface area contributed by atoms with Gasteiger partial charge in [-0.2, -0.15) is 0 Å². The maximum Gasteiger partial charge on any atom is 0.219 e. The van der Waals surface area contributed by atoms with Gasteiger partial charge in [-0.05, 0) is 23.6 Å². The summed E-state index contributed by atoms with van der Waals surface area (Å²) in [6, 6.07) is 6.81. The molecule has 0 saturated carbocycles. The van der Waals surface area contributed by atoms with Crippen molar-refractivity contribution in [2.24, 2.45) is 0 Å². The third-order valence-corrected chi connectivity index (χ3v) is 3.88. The third-order valence-electron chi connectivity index (χ3n) is 3.88. The fourth-order valence-electron chi connectivity index (χ4n) is 2.85. The lowest BCUT2D eigenvalue weighted by Gasteiger charge is -2.18. The molecule has 2 aliphatic rings. The van der Waals surface area contributed by atoms with E-state index in [2.05, 4.69) is 28.8 Å². The summed E-state index contributed by atoms with van der Waals surface area (Å²) >= 11 is 0. The lowest BCUT2D eigenvalue weighted by Crippen LogP contribution is -2.29. The Morgan fingerprint density at radius 2 is 2.15 bits per heavy atom. The van der Waals surface area contributed by atoms with E-state index in [0.717, 1.165) is 32.6 Å². The first-order valence-electron chi connectivity index (χ1n) is 7.57. The van der Waals surface area contributed by atoms with Gasteiger partial charge in [0.25, 0.3) is 0 Å². The molecule has 1 amide bonds. The molecule has 4 heteroatoms. The van der Waals surface area contributed by atoms with Gasteiger partial charge in [0.1, 0.15) is 0 Å². The molecular weight excluding hydrogens is 250 g/mol. The van der Waals surface area contributed by atoms with Crippen LogP contribution in [0.2, 0.25) is 0 Å². The van der Waals surface area contributed by atoms with Gasteiger partial charge in [-0.1, -0.05) is 26.0 Å². The summed E-state index contributed by atoms with van der Waals surface area (Å²) in [6.45, 7) is 9.26. The molecule has 1 aromatic carbocycles. The molecular formula is C16H25N3O. The molecule has 1 atom stereocenters. The molecule has 20 heavy (non-hydrogen) atoms. The number of carbonyl (C=O) groups excluding carboxylic acids is 1. The fourth-order valence-corrected chi connectivity index (χ4v) is 2.85. The van der Waals surface area contributed by atoms with Crippen LogP contribution >= 0.6 is 0 Å². The van der Waals surface area contributed by atoms with E-state index in [-0.39, 0.29) is 5.91 Å². The summed E-state index contributed by atoms with van der Waals surface area (Å²) in [5, 5.41) is 6.97. The van der Waals surface area contributed by atoms with Gasteiger partial charge in [-0.3, -0.25) is 4.79 Å². The molecule has 0 bridgehead atoms. The van der Waals surface area contributed by atoms with Crippen LogP contribution in [0.4, 0.5) is 5.69 Å². The minimum absolute atomic E-state index is 0.180. The maximum atomic E-state index is 11.3. The number of nitrogens with zero attached hydrogens (tertiary/aromatic N) is 1. The predicted octanol–water partition coefficient (Wildman–Crippen LogP) is 2.35. The summed E-state index contributed by atoms with van der Waals surface area (Å²) in [4.78, 5) is 13.2. The van der Waals surface area contributed by atoms with E-state index in [9.17, 15) is 4.79 Å². The Balaban J connectivity index is 0.000000704. The summed E-state index contributed by atoms with van der Waals surface area (Å²) in [5.41, 5.74) is 4.01. The SMILES string of the molecule is CC.CC(=O)N1CCC(Nc2cccc3c2CNC3)C1. The molecule has 2 aliphatic heterocycles. The highest BCUT2D eigenvalue weighted by atomic mass is 16.2. The van der Waals surface area contributed by atoms with Crippen LogP contribution in [-0.2, 0) is 17.9 Å². The highest BCUT2D eigenvalue weighted by molar-refractivity contribution is 5.73. The standard InChI is InChI=1S/C14H19N3O.C2H6/c1-10(18)17-6-5-12(9-17)16-14-4-2-3-11-7-15-8-13(11)14;1-2/h2-4,12,15-16H,5-9H2,1H3;1-2H3.